The van der Waals surface area contributed by atoms with Crippen molar-refractivity contribution in [1.29, 1.82) is 0 Å². The number of carbonyl (C=O) groups is 2. The lowest BCUT2D eigenvalue weighted by Gasteiger charge is -2.38. The molecule has 6 nitrogen and oxygen atoms in total. The summed E-state index contributed by atoms with van der Waals surface area (Å²) in [5.41, 5.74) is 6.49. The number of nitrogens with two attached hydrogens (primary N) is 1. The Bertz CT molecular complexity index is 702. The summed E-state index contributed by atoms with van der Waals surface area (Å²) >= 11 is 0. The SMILES string of the molecule is CC1CCCC(C)N1C(=O)COc1ccc(C(=O)N2CCC(C)(CN)C2)cc1.Cl. The first-order valence-corrected chi connectivity index (χ1v) is 10.4. The largest absolute Gasteiger partial charge is 0.484 e. The highest BCUT2D eigenvalue weighted by Gasteiger charge is 2.35. The molecule has 0 bridgehead atoms. The van der Waals surface area contributed by atoms with Crippen molar-refractivity contribution in [3.63, 3.8) is 0 Å². The predicted molar refractivity (Wildman–Crippen MR) is 116 cm³/mol. The van der Waals surface area contributed by atoms with Crippen molar-refractivity contribution in [2.75, 3.05) is 26.2 Å². The number of likely N-dealkylation sites (tertiary alicyclic amines) is 2. The molecule has 2 aliphatic rings. The highest BCUT2D eigenvalue weighted by Crippen LogP contribution is 2.29. The third kappa shape index (κ3) is 5.43. The van der Waals surface area contributed by atoms with Gasteiger partial charge in [-0.25, -0.2) is 0 Å². The van der Waals surface area contributed by atoms with E-state index in [1.807, 2.05) is 9.80 Å². The van der Waals surface area contributed by atoms with Gasteiger partial charge in [-0.15, -0.1) is 12.4 Å². The minimum Gasteiger partial charge on any atom is -0.484 e. The summed E-state index contributed by atoms with van der Waals surface area (Å²) in [6.07, 6.45) is 4.20. The van der Waals surface area contributed by atoms with Gasteiger partial charge in [-0.1, -0.05) is 6.92 Å². The predicted octanol–water partition coefficient (Wildman–Crippen LogP) is 3.09. The molecule has 1 aromatic carbocycles. The van der Waals surface area contributed by atoms with Crippen molar-refractivity contribution in [1.82, 2.24) is 9.80 Å². The van der Waals surface area contributed by atoms with Crippen LogP contribution >= 0.6 is 12.4 Å². The first kappa shape index (κ1) is 23.5. The van der Waals surface area contributed by atoms with Gasteiger partial charge >= 0.3 is 0 Å². The van der Waals surface area contributed by atoms with Crippen LogP contribution in [0.5, 0.6) is 5.75 Å². The van der Waals surface area contributed by atoms with E-state index in [9.17, 15) is 9.59 Å². The molecule has 3 unspecified atom stereocenters. The second-order valence-electron chi connectivity index (χ2n) is 8.73. The number of hydrogen-bond donors (Lipinski definition) is 1. The molecule has 3 rings (SSSR count). The van der Waals surface area contributed by atoms with Crippen LogP contribution in [-0.4, -0.2) is 59.9 Å². The van der Waals surface area contributed by atoms with E-state index in [1.54, 1.807) is 24.3 Å². The van der Waals surface area contributed by atoms with E-state index in [-0.39, 0.29) is 48.3 Å². The maximum atomic E-state index is 12.7. The molecule has 3 atom stereocenters. The van der Waals surface area contributed by atoms with Crippen LogP contribution in [0.4, 0.5) is 0 Å². The molecular weight excluding hydrogens is 390 g/mol. The molecule has 0 radical (unpaired) electrons. The maximum absolute atomic E-state index is 12.7. The Morgan fingerprint density at radius 3 is 2.34 bits per heavy atom. The van der Waals surface area contributed by atoms with Gasteiger partial charge in [0.2, 0.25) is 0 Å². The van der Waals surface area contributed by atoms with Crippen LogP contribution in [0.3, 0.4) is 0 Å². The molecular formula is C22H34ClN3O3. The van der Waals surface area contributed by atoms with Crippen molar-refractivity contribution < 1.29 is 14.3 Å². The lowest BCUT2D eigenvalue weighted by molar-refractivity contribution is -0.139. The first-order chi connectivity index (χ1) is 13.3. The number of amides is 2. The average Bonchev–Trinajstić information content (AvgIpc) is 3.09. The van der Waals surface area contributed by atoms with Gasteiger partial charge in [0, 0.05) is 30.7 Å². The molecule has 2 aliphatic heterocycles. The standard InChI is InChI=1S/C22H33N3O3.ClH/c1-16-5-4-6-17(2)25(16)20(26)13-28-19-9-7-18(8-10-19)21(27)24-12-11-22(3,14-23)15-24;/h7-10,16-17H,4-6,11-15,23H2,1-3H3;1H. The number of carbonyl (C=O) groups excluding carboxylic acids is 2. The summed E-state index contributed by atoms with van der Waals surface area (Å²) in [4.78, 5) is 29.1. The van der Waals surface area contributed by atoms with Crippen LogP contribution in [0.1, 0.15) is 56.8 Å². The summed E-state index contributed by atoms with van der Waals surface area (Å²) in [7, 11) is 0. The molecule has 2 heterocycles. The molecule has 2 N–H and O–H groups in total. The second kappa shape index (κ2) is 9.81. The molecule has 29 heavy (non-hydrogen) atoms. The summed E-state index contributed by atoms with van der Waals surface area (Å²) in [6.45, 7) is 8.38. The molecule has 1 aromatic rings. The van der Waals surface area contributed by atoms with Crippen molar-refractivity contribution in [3.8, 4) is 5.75 Å². The van der Waals surface area contributed by atoms with E-state index in [2.05, 4.69) is 20.8 Å². The normalized spacial score (nSPS) is 26.8. The molecule has 162 valence electrons. The van der Waals surface area contributed by atoms with Crippen molar-refractivity contribution in [3.05, 3.63) is 29.8 Å². The number of hydrogen-bond acceptors (Lipinski definition) is 4. The number of halogens is 1. The fourth-order valence-electron chi connectivity index (χ4n) is 4.37. The topological polar surface area (TPSA) is 75.9 Å². The monoisotopic (exact) mass is 423 g/mol. The summed E-state index contributed by atoms with van der Waals surface area (Å²) in [6, 6.07) is 7.60. The molecule has 0 aromatic heterocycles. The molecule has 2 amide bonds. The van der Waals surface area contributed by atoms with Crippen LogP contribution in [0, 0.1) is 5.41 Å². The van der Waals surface area contributed by atoms with Crippen LogP contribution in [-0.2, 0) is 4.79 Å². The third-order valence-corrected chi connectivity index (χ3v) is 6.28. The molecule has 0 aliphatic carbocycles. The number of benzene rings is 1. The number of nitrogens with zero attached hydrogens (tertiary/aromatic N) is 2. The fraction of sp³-hybridized carbons (Fsp3) is 0.636. The Kier molecular flexibility index (Phi) is 7.94. The highest BCUT2D eigenvalue weighted by atomic mass is 35.5. The van der Waals surface area contributed by atoms with Crippen molar-refractivity contribution >= 4 is 24.2 Å². The van der Waals surface area contributed by atoms with Gasteiger partial charge < -0.3 is 20.3 Å². The quantitative estimate of drug-likeness (QED) is 0.789. The fourth-order valence-corrected chi connectivity index (χ4v) is 4.37. The zero-order valence-electron chi connectivity index (χ0n) is 17.7. The Balaban J connectivity index is 0.00000300. The lowest BCUT2D eigenvalue weighted by atomic mass is 9.90. The number of rotatable bonds is 5. The van der Waals surface area contributed by atoms with Gasteiger partial charge in [0.15, 0.2) is 6.61 Å². The minimum absolute atomic E-state index is 0. The van der Waals surface area contributed by atoms with Crippen molar-refractivity contribution in [2.24, 2.45) is 11.1 Å². The van der Waals surface area contributed by atoms with Crippen LogP contribution in [0.25, 0.3) is 0 Å². The van der Waals surface area contributed by atoms with Crippen molar-refractivity contribution in [2.45, 2.75) is 58.5 Å². The zero-order chi connectivity index (χ0) is 20.3. The highest BCUT2D eigenvalue weighted by molar-refractivity contribution is 5.94. The van der Waals surface area contributed by atoms with Gasteiger partial charge in [0.05, 0.1) is 0 Å². The Labute approximate surface area is 180 Å². The summed E-state index contributed by atoms with van der Waals surface area (Å²) in [5, 5.41) is 0. The van der Waals surface area contributed by atoms with Gasteiger partial charge in [0.1, 0.15) is 5.75 Å². The number of ether oxygens (including phenoxy) is 1. The van der Waals surface area contributed by atoms with E-state index in [4.69, 9.17) is 10.5 Å². The minimum atomic E-state index is 0. The Morgan fingerprint density at radius 1 is 1.17 bits per heavy atom. The summed E-state index contributed by atoms with van der Waals surface area (Å²) < 4.78 is 5.70. The molecule has 2 saturated heterocycles. The molecule has 0 spiro atoms. The van der Waals surface area contributed by atoms with E-state index < -0.39 is 0 Å². The molecule has 0 saturated carbocycles. The molecule has 2 fully saturated rings. The van der Waals surface area contributed by atoms with Crippen LogP contribution in [0.15, 0.2) is 24.3 Å². The van der Waals surface area contributed by atoms with E-state index in [0.29, 0.717) is 24.4 Å². The van der Waals surface area contributed by atoms with E-state index in [0.717, 1.165) is 25.8 Å². The average molecular weight is 424 g/mol. The zero-order valence-corrected chi connectivity index (χ0v) is 18.5. The number of piperidine rings is 1. The van der Waals surface area contributed by atoms with Gasteiger partial charge in [-0.3, -0.25) is 9.59 Å². The Hall–Kier alpha value is -1.79. The van der Waals surface area contributed by atoms with Gasteiger partial charge in [-0.2, -0.15) is 0 Å². The summed E-state index contributed by atoms with van der Waals surface area (Å²) in [5.74, 6) is 0.657. The maximum Gasteiger partial charge on any atom is 0.260 e. The van der Waals surface area contributed by atoms with Crippen LogP contribution < -0.4 is 10.5 Å². The van der Waals surface area contributed by atoms with Gasteiger partial charge in [0.25, 0.3) is 11.8 Å². The lowest BCUT2D eigenvalue weighted by Crippen LogP contribution is -2.49. The Morgan fingerprint density at radius 2 is 1.79 bits per heavy atom. The second-order valence-corrected chi connectivity index (χ2v) is 8.73. The van der Waals surface area contributed by atoms with E-state index in [1.165, 1.54) is 6.42 Å². The smallest absolute Gasteiger partial charge is 0.260 e. The third-order valence-electron chi connectivity index (χ3n) is 6.28. The van der Waals surface area contributed by atoms with Gasteiger partial charge in [-0.05, 0) is 75.8 Å². The molecule has 7 heteroatoms. The van der Waals surface area contributed by atoms with E-state index >= 15 is 0 Å². The van der Waals surface area contributed by atoms with Crippen LogP contribution in [0.2, 0.25) is 0 Å². The first-order valence-electron chi connectivity index (χ1n) is 10.4.